The van der Waals surface area contributed by atoms with Crippen LogP contribution in [0, 0.1) is 12.7 Å². The number of rotatable bonds is 3. The maximum Gasteiger partial charge on any atom is 0.310 e. The monoisotopic (exact) mass is 294 g/mol. The Bertz CT molecular complexity index is 621. The molecule has 0 saturated carbocycles. The Morgan fingerprint density at radius 3 is 2.50 bits per heavy atom. The van der Waals surface area contributed by atoms with Crippen molar-refractivity contribution in [3.05, 3.63) is 46.5 Å². The maximum absolute atomic E-state index is 12.9. The van der Waals surface area contributed by atoms with Gasteiger partial charge in [-0.3, -0.25) is 4.79 Å². The van der Waals surface area contributed by atoms with Crippen molar-refractivity contribution >= 4 is 17.6 Å². The quantitative estimate of drug-likeness (QED) is 0.645. The number of aryl methyl sites for hydroxylation is 1. The van der Waals surface area contributed by atoms with Gasteiger partial charge in [-0.25, -0.2) is 14.4 Å². The van der Waals surface area contributed by atoms with Gasteiger partial charge in [0.25, 0.3) is 0 Å². The molecule has 0 bridgehead atoms. The van der Waals surface area contributed by atoms with E-state index in [0.717, 1.165) is 0 Å². The topological polar surface area (TPSA) is 52.1 Å². The second-order valence-corrected chi connectivity index (χ2v) is 4.52. The molecule has 1 aromatic carbocycles. The van der Waals surface area contributed by atoms with Gasteiger partial charge < -0.3 is 4.74 Å². The van der Waals surface area contributed by atoms with Gasteiger partial charge in [0.2, 0.25) is 0 Å². The van der Waals surface area contributed by atoms with Crippen molar-refractivity contribution in [2.75, 3.05) is 7.11 Å². The molecule has 0 radical (unpaired) electrons. The summed E-state index contributed by atoms with van der Waals surface area (Å²) in [6.07, 6.45) is 0.0187. The summed E-state index contributed by atoms with van der Waals surface area (Å²) in [6.45, 7) is 1.73. The fourth-order valence-corrected chi connectivity index (χ4v) is 1.99. The second-order valence-electron chi connectivity index (χ2n) is 4.16. The lowest BCUT2D eigenvalue weighted by molar-refractivity contribution is -0.139. The van der Waals surface area contributed by atoms with Crippen LogP contribution >= 0.6 is 11.6 Å². The molecule has 1 heterocycles. The van der Waals surface area contributed by atoms with E-state index in [0.29, 0.717) is 22.6 Å². The van der Waals surface area contributed by atoms with Crippen molar-refractivity contribution < 1.29 is 13.9 Å². The number of esters is 1. The van der Waals surface area contributed by atoms with Crippen LogP contribution in [0.2, 0.25) is 5.15 Å². The van der Waals surface area contributed by atoms with E-state index in [2.05, 4.69) is 14.7 Å². The molecule has 0 amide bonds. The zero-order chi connectivity index (χ0) is 14.7. The Balaban J connectivity index is 2.39. The van der Waals surface area contributed by atoms with Crippen molar-refractivity contribution in [1.29, 1.82) is 0 Å². The Labute approximate surface area is 120 Å². The average molecular weight is 295 g/mol. The minimum atomic E-state index is -0.409. The lowest BCUT2D eigenvalue weighted by Crippen LogP contribution is -2.09. The van der Waals surface area contributed by atoms with Gasteiger partial charge in [-0.05, 0) is 31.2 Å². The fourth-order valence-electron chi connectivity index (χ4n) is 1.71. The van der Waals surface area contributed by atoms with Crippen LogP contribution in [0.3, 0.4) is 0 Å². The first-order valence-corrected chi connectivity index (χ1v) is 6.25. The highest BCUT2D eigenvalue weighted by atomic mass is 35.5. The molecule has 1 aromatic heterocycles. The Hall–Kier alpha value is -2.01. The molecule has 0 aliphatic rings. The standard InChI is InChI=1S/C14H12ClFN2O2/c1-8-11(7-12(19)20-2)13(15)18-14(17-8)9-3-5-10(16)6-4-9/h3-6H,7H2,1-2H3. The molecule has 20 heavy (non-hydrogen) atoms. The number of halogens is 2. The first kappa shape index (κ1) is 14.4. The first-order valence-electron chi connectivity index (χ1n) is 5.87. The third kappa shape index (κ3) is 3.11. The van der Waals surface area contributed by atoms with E-state index in [9.17, 15) is 9.18 Å². The summed E-state index contributed by atoms with van der Waals surface area (Å²) >= 11 is 6.08. The Morgan fingerprint density at radius 1 is 1.30 bits per heavy atom. The van der Waals surface area contributed by atoms with Crippen molar-refractivity contribution in [2.45, 2.75) is 13.3 Å². The van der Waals surface area contributed by atoms with Crippen LogP contribution in [0.25, 0.3) is 11.4 Å². The van der Waals surface area contributed by atoms with Crippen LogP contribution in [0.5, 0.6) is 0 Å². The van der Waals surface area contributed by atoms with E-state index in [4.69, 9.17) is 11.6 Å². The zero-order valence-corrected chi connectivity index (χ0v) is 11.7. The number of benzene rings is 1. The van der Waals surface area contributed by atoms with Crippen LogP contribution in [0.4, 0.5) is 4.39 Å². The van der Waals surface area contributed by atoms with Crippen molar-refractivity contribution in [2.24, 2.45) is 0 Å². The molecule has 0 aliphatic heterocycles. The van der Waals surface area contributed by atoms with Gasteiger partial charge in [-0.1, -0.05) is 11.6 Å². The Morgan fingerprint density at radius 2 is 1.95 bits per heavy atom. The van der Waals surface area contributed by atoms with Gasteiger partial charge in [0.05, 0.1) is 13.5 Å². The van der Waals surface area contributed by atoms with Gasteiger partial charge in [-0.15, -0.1) is 0 Å². The van der Waals surface area contributed by atoms with Crippen LogP contribution in [0.15, 0.2) is 24.3 Å². The van der Waals surface area contributed by atoms with Gasteiger partial charge in [0.15, 0.2) is 5.82 Å². The number of carbonyl (C=O) groups excluding carboxylic acids is 1. The lowest BCUT2D eigenvalue weighted by Gasteiger charge is -2.08. The molecule has 104 valence electrons. The summed E-state index contributed by atoms with van der Waals surface area (Å²) in [6, 6.07) is 5.79. The molecular formula is C14H12ClFN2O2. The summed E-state index contributed by atoms with van der Waals surface area (Å²) in [5.41, 5.74) is 1.78. The van der Waals surface area contributed by atoms with E-state index >= 15 is 0 Å². The van der Waals surface area contributed by atoms with E-state index in [1.54, 1.807) is 19.1 Å². The number of hydrogen-bond acceptors (Lipinski definition) is 4. The Kier molecular flexibility index (Phi) is 4.29. The molecule has 6 heteroatoms. The highest BCUT2D eigenvalue weighted by molar-refractivity contribution is 6.30. The van der Waals surface area contributed by atoms with Gasteiger partial charge >= 0.3 is 5.97 Å². The summed E-state index contributed by atoms with van der Waals surface area (Å²) in [4.78, 5) is 19.7. The van der Waals surface area contributed by atoms with Gasteiger partial charge in [-0.2, -0.15) is 0 Å². The number of carbonyl (C=O) groups is 1. The largest absolute Gasteiger partial charge is 0.469 e. The average Bonchev–Trinajstić information content (AvgIpc) is 2.43. The molecular weight excluding hydrogens is 283 g/mol. The van der Waals surface area contributed by atoms with Crippen LogP contribution in [-0.4, -0.2) is 23.0 Å². The van der Waals surface area contributed by atoms with Gasteiger partial charge in [0.1, 0.15) is 11.0 Å². The number of aromatic nitrogens is 2. The molecule has 0 N–H and O–H groups in total. The van der Waals surface area contributed by atoms with E-state index in [-0.39, 0.29) is 17.4 Å². The molecule has 0 unspecified atom stereocenters. The molecule has 0 spiro atoms. The number of hydrogen-bond donors (Lipinski definition) is 0. The maximum atomic E-state index is 12.9. The van der Waals surface area contributed by atoms with E-state index in [1.165, 1.54) is 19.2 Å². The SMILES string of the molecule is COC(=O)Cc1c(C)nc(-c2ccc(F)cc2)nc1Cl. The number of ether oxygens (including phenoxy) is 1. The summed E-state index contributed by atoms with van der Waals surface area (Å²) in [7, 11) is 1.30. The molecule has 0 aliphatic carbocycles. The highest BCUT2D eigenvalue weighted by Crippen LogP contribution is 2.23. The summed E-state index contributed by atoms with van der Waals surface area (Å²) in [5, 5.41) is 0.197. The third-order valence-electron chi connectivity index (χ3n) is 2.81. The smallest absolute Gasteiger partial charge is 0.310 e. The van der Waals surface area contributed by atoms with E-state index < -0.39 is 5.97 Å². The van der Waals surface area contributed by atoms with Crippen LogP contribution < -0.4 is 0 Å². The normalized spacial score (nSPS) is 10.4. The van der Waals surface area contributed by atoms with Gasteiger partial charge in [0, 0.05) is 16.8 Å². The van der Waals surface area contributed by atoms with Crippen molar-refractivity contribution in [1.82, 2.24) is 9.97 Å². The molecule has 2 aromatic rings. The minimum Gasteiger partial charge on any atom is -0.469 e. The summed E-state index contributed by atoms with van der Waals surface area (Å²) < 4.78 is 17.5. The molecule has 0 atom stereocenters. The van der Waals surface area contributed by atoms with Crippen molar-refractivity contribution in [3.63, 3.8) is 0 Å². The second kappa shape index (κ2) is 5.96. The van der Waals surface area contributed by atoms with Crippen LogP contribution in [-0.2, 0) is 16.0 Å². The van der Waals surface area contributed by atoms with Crippen molar-refractivity contribution in [3.8, 4) is 11.4 Å². The van der Waals surface area contributed by atoms with E-state index in [1.807, 2.05) is 0 Å². The highest BCUT2D eigenvalue weighted by Gasteiger charge is 2.15. The number of nitrogens with zero attached hydrogens (tertiary/aromatic N) is 2. The third-order valence-corrected chi connectivity index (χ3v) is 3.13. The minimum absolute atomic E-state index is 0.0187. The molecule has 2 rings (SSSR count). The summed E-state index contributed by atoms with van der Waals surface area (Å²) in [5.74, 6) is -0.354. The molecule has 4 nitrogen and oxygen atoms in total. The van der Waals surface area contributed by atoms with Crippen LogP contribution in [0.1, 0.15) is 11.3 Å². The molecule has 0 fully saturated rings. The predicted octanol–water partition coefficient (Wildman–Crippen LogP) is 2.96. The first-order chi connectivity index (χ1) is 9.51. The molecule has 0 saturated heterocycles. The zero-order valence-electron chi connectivity index (χ0n) is 11.0. The number of methoxy groups -OCH3 is 1. The lowest BCUT2D eigenvalue weighted by atomic mass is 10.1. The predicted molar refractivity (Wildman–Crippen MR) is 72.9 cm³/mol. The fraction of sp³-hybridized carbons (Fsp3) is 0.214.